The molecule has 2 heterocycles. The summed E-state index contributed by atoms with van der Waals surface area (Å²) in [5, 5.41) is 16.8. The van der Waals surface area contributed by atoms with Crippen LogP contribution in [0.15, 0.2) is 124 Å². The molecule has 3 atom stereocenters. The number of benzene rings is 5. The first-order valence-corrected chi connectivity index (χ1v) is 16.4. The molecule has 5 heteroatoms. The number of fused-ring (bicyclic) bond motifs is 11. The largest absolute Gasteiger partial charge is 0.456 e. The highest BCUT2D eigenvalue weighted by Gasteiger charge is 2.56. The molecule has 0 radical (unpaired) electrons. The SMILES string of the molecule is OC1(c2ccccc2-c2ccccc2)c2cc(Br)c3c(oc4ccccc43)c2C2c3sc4ccccc4c3C(Br)=CC21. The van der Waals surface area contributed by atoms with Gasteiger partial charge in [-0.15, -0.1) is 11.3 Å². The highest BCUT2D eigenvalue weighted by molar-refractivity contribution is 9.15. The van der Waals surface area contributed by atoms with Gasteiger partial charge in [0.25, 0.3) is 0 Å². The Labute approximate surface area is 263 Å². The second-order valence-corrected chi connectivity index (χ2v) is 13.9. The Morgan fingerprint density at radius 2 is 1.48 bits per heavy atom. The molecule has 0 aliphatic heterocycles. The second kappa shape index (κ2) is 9.01. The van der Waals surface area contributed by atoms with Crippen LogP contribution in [0.25, 0.3) is 47.6 Å². The van der Waals surface area contributed by atoms with Gasteiger partial charge in [0, 0.05) is 57.7 Å². The lowest BCUT2D eigenvalue weighted by molar-refractivity contribution is 0.0456. The molecule has 0 saturated carbocycles. The van der Waals surface area contributed by atoms with Crippen LogP contribution in [0.5, 0.6) is 0 Å². The minimum atomic E-state index is -1.31. The topological polar surface area (TPSA) is 33.4 Å². The van der Waals surface area contributed by atoms with Crippen LogP contribution >= 0.6 is 43.2 Å². The van der Waals surface area contributed by atoms with E-state index in [9.17, 15) is 5.11 Å². The fraction of sp³-hybridized carbons (Fsp3) is 0.0811. The van der Waals surface area contributed by atoms with Crippen LogP contribution in [-0.2, 0) is 5.60 Å². The van der Waals surface area contributed by atoms with Crippen molar-refractivity contribution >= 4 is 79.7 Å². The van der Waals surface area contributed by atoms with Crippen LogP contribution in [0, 0.1) is 5.92 Å². The standard InChI is InChI=1S/C37H22Br2O2S/c38-27-18-25-33(35-31(27)22-13-5-8-16-29(22)41-35)34-26(19-28(39)32-23-14-6-9-17-30(23)42-36(32)34)37(25,40)24-15-7-4-12-21(24)20-10-2-1-3-11-20/h1-19,26,34,40H. The van der Waals surface area contributed by atoms with Gasteiger partial charge in [-0.2, -0.15) is 0 Å². The van der Waals surface area contributed by atoms with E-state index >= 15 is 0 Å². The van der Waals surface area contributed by atoms with E-state index in [0.29, 0.717) is 0 Å². The molecule has 0 bridgehead atoms. The Morgan fingerprint density at radius 3 is 2.33 bits per heavy atom. The molecule has 7 aromatic rings. The molecule has 2 aliphatic carbocycles. The summed E-state index contributed by atoms with van der Waals surface area (Å²) in [5.41, 5.74) is 6.57. The van der Waals surface area contributed by atoms with E-state index in [1.165, 1.54) is 20.5 Å². The van der Waals surface area contributed by atoms with Crippen LogP contribution in [0.1, 0.15) is 33.0 Å². The van der Waals surface area contributed by atoms with Gasteiger partial charge in [0.15, 0.2) is 0 Å². The summed E-state index contributed by atoms with van der Waals surface area (Å²) in [6.07, 6.45) is 2.25. The molecule has 0 saturated heterocycles. The van der Waals surface area contributed by atoms with Gasteiger partial charge >= 0.3 is 0 Å². The summed E-state index contributed by atoms with van der Waals surface area (Å²) < 4.78 is 9.91. The van der Waals surface area contributed by atoms with Gasteiger partial charge in [-0.25, -0.2) is 0 Å². The molecule has 5 aromatic carbocycles. The maximum atomic E-state index is 13.4. The molecule has 202 valence electrons. The van der Waals surface area contributed by atoms with Crippen molar-refractivity contribution in [1.29, 1.82) is 0 Å². The summed E-state index contributed by atoms with van der Waals surface area (Å²) in [6.45, 7) is 0. The predicted molar refractivity (Wildman–Crippen MR) is 180 cm³/mol. The smallest absolute Gasteiger partial charge is 0.140 e. The minimum absolute atomic E-state index is 0.0845. The third-order valence-electron chi connectivity index (χ3n) is 9.10. The third kappa shape index (κ3) is 3.23. The van der Waals surface area contributed by atoms with Crippen molar-refractivity contribution < 1.29 is 9.52 Å². The van der Waals surface area contributed by atoms with Crippen molar-refractivity contribution in [2.45, 2.75) is 11.5 Å². The number of hydrogen-bond donors (Lipinski definition) is 1. The zero-order chi connectivity index (χ0) is 28.2. The number of thiophene rings is 1. The van der Waals surface area contributed by atoms with E-state index < -0.39 is 5.60 Å². The van der Waals surface area contributed by atoms with Crippen LogP contribution < -0.4 is 0 Å². The molecular weight excluding hydrogens is 668 g/mol. The molecule has 2 aromatic heterocycles. The highest BCUT2D eigenvalue weighted by Crippen LogP contribution is 2.64. The van der Waals surface area contributed by atoms with Crippen molar-refractivity contribution in [3.63, 3.8) is 0 Å². The molecule has 2 aliphatic rings. The van der Waals surface area contributed by atoms with Gasteiger partial charge in [-0.3, -0.25) is 0 Å². The number of halogens is 2. The van der Waals surface area contributed by atoms with Crippen molar-refractivity contribution in [2.24, 2.45) is 5.92 Å². The molecule has 2 nitrogen and oxygen atoms in total. The maximum absolute atomic E-state index is 13.4. The quantitative estimate of drug-likeness (QED) is 0.196. The summed E-state index contributed by atoms with van der Waals surface area (Å²) in [4.78, 5) is 1.26. The lowest BCUT2D eigenvalue weighted by atomic mass is 9.73. The first-order chi connectivity index (χ1) is 20.6. The predicted octanol–water partition coefficient (Wildman–Crippen LogP) is 11.0. The fourth-order valence-electron chi connectivity index (χ4n) is 7.39. The summed E-state index contributed by atoms with van der Waals surface area (Å²) in [6, 6.07) is 37.6. The van der Waals surface area contributed by atoms with Gasteiger partial charge in [0.2, 0.25) is 0 Å². The molecule has 3 unspecified atom stereocenters. The highest BCUT2D eigenvalue weighted by atomic mass is 79.9. The minimum Gasteiger partial charge on any atom is -0.456 e. The van der Waals surface area contributed by atoms with Gasteiger partial charge in [-0.1, -0.05) is 129 Å². The number of para-hydroxylation sites is 1. The first kappa shape index (κ1) is 25.1. The normalized spacial score (nSPS) is 21.0. The maximum Gasteiger partial charge on any atom is 0.140 e. The Bertz CT molecular complexity index is 2260. The van der Waals surface area contributed by atoms with Crippen molar-refractivity contribution in [2.75, 3.05) is 0 Å². The van der Waals surface area contributed by atoms with Crippen LogP contribution in [0.3, 0.4) is 0 Å². The lowest BCUT2D eigenvalue weighted by Gasteiger charge is -2.36. The van der Waals surface area contributed by atoms with Crippen LogP contribution in [-0.4, -0.2) is 5.11 Å². The van der Waals surface area contributed by atoms with Crippen molar-refractivity contribution in [1.82, 2.24) is 0 Å². The Balaban J connectivity index is 1.44. The second-order valence-electron chi connectivity index (χ2n) is 11.2. The van der Waals surface area contributed by atoms with E-state index in [4.69, 9.17) is 4.42 Å². The Kier molecular flexibility index (Phi) is 5.38. The molecule has 0 fully saturated rings. The van der Waals surface area contributed by atoms with E-state index in [-0.39, 0.29) is 11.8 Å². The zero-order valence-corrected chi connectivity index (χ0v) is 26.1. The molecule has 0 amide bonds. The zero-order valence-electron chi connectivity index (χ0n) is 22.1. The van der Waals surface area contributed by atoms with Gasteiger partial charge in [0.1, 0.15) is 16.8 Å². The van der Waals surface area contributed by atoms with Crippen LogP contribution in [0.4, 0.5) is 0 Å². The fourth-order valence-corrected chi connectivity index (χ4v) is 10.2. The summed E-state index contributed by atoms with van der Waals surface area (Å²) in [7, 11) is 0. The molecule has 1 N–H and O–H groups in total. The van der Waals surface area contributed by atoms with Crippen LogP contribution in [0.2, 0.25) is 0 Å². The monoisotopic (exact) mass is 688 g/mol. The first-order valence-electron chi connectivity index (χ1n) is 14.0. The number of aliphatic hydroxyl groups is 1. The van der Waals surface area contributed by atoms with E-state index in [1.807, 2.05) is 35.6 Å². The molecule has 42 heavy (non-hydrogen) atoms. The third-order valence-corrected chi connectivity index (χ3v) is 11.6. The summed E-state index contributed by atoms with van der Waals surface area (Å²) in [5.74, 6) is -0.336. The van der Waals surface area contributed by atoms with E-state index in [0.717, 1.165) is 58.7 Å². The number of rotatable bonds is 2. The summed E-state index contributed by atoms with van der Waals surface area (Å²) >= 11 is 9.71. The van der Waals surface area contributed by atoms with Gasteiger partial charge in [0.05, 0.1) is 0 Å². The van der Waals surface area contributed by atoms with E-state index in [1.54, 1.807) is 0 Å². The lowest BCUT2D eigenvalue weighted by Crippen LogP contribution is -2.34. The molecule has 9 rings (SSSR count). The molecule has 0 spiro atoms. The number of hydrogen-bond acceptors (Lipinski definition) is 3. The van der Waals surface area contributed by atoms with Gasteiger partial charge in [-0.05, 0) is 40.5 Å². The average molecular weight is 690 g/mol. The van der Waals surface area contributed by atoms with Crippen molar-refractivity contribution in [3.8, 4) is 11.1 Å². The van der Waals surface area contributed by atoms with E-state index in [2.05, 4.69) is 123 Å². The Morgan fingerprint density at radius 1 is 0.762 bits per heavy atom. The van der Waals surface area contributed by atoms with Crippen molar-refractivity contribution in [3.05, 3.63) is 147 Å². The average Bonchev–Trinajstić information content (AvgIpc) is 3.68. The number of furan rings is 1. The Hall–Kier alpha value is -3.48. The molecular formula is C37H22Br2O2S. The van der Waals surface area contributed by atoms with Gasteiger partial charge < -0.3 is 9.52 Å².